The van der Waals surface area contributed by atoms with E-state index in [2.05, 4.69) is 36.7 Å². The Morgan fingerprint density at radius 3 is 3.00 bits per heavy atom. The molecule has 84 valence electrons. The Labute approximate surface area is 92.8 Å². The van der Waals surface area contributed by atoms with Crippen molar-refractivity contribution in [1.29, 1.82) is 5.26 Å². The van der Waals surface area contributed by atoms with Gasteiger partial charge in [-0.05, 0) is 26.8 Å². The molecule has 1 unspecified atom stereocenters. The lowest BCUT2D eigenvalue weighted by molar-refractivity contribution is 0.136. The third-order valence-electron chi connectivity index (χ3n) is 3.15. The van der Waals surface area contributed by atoms with Crippen LogP contribution in [0.3, 0.4) is 0 Å². The van der Waals surface area contributed by atoms with Gasteiger partial charge < -0.3 is 5.32 Å². The zero-order valence-corrected chi connectivity index (χ0v) is 9.79. The van der Waals surface area contributed by atoms with Crippen LogP contribution < -0.4 is 5.32 Å². The first-order valence-corrected chi connectivity index (χ1v) is 5.56. The van der Waals surface area contributed by atoms with Gasteiger partial charge in [0.25, 0.3) is 0 Å². The summed E-state index contributed by atoms with van der Waals surface area (Å²) in [5.74, 6) is 0. The van der Waals surface area contributed by atoms with Gasteiger partial charge in [0, 0.05) is 24.7 Å². The third-order valence-corrected chi connectivity index (χ3v) is 3.15. The second-order valence-electron chi connectivity index (χ2n) is 4.77. The first kappa shape index (κ1) is 12.2. The average Bonchev–Trinajstić information content (AvgIpc) is 2.28. The number of nitrogens with zero attached hydrogens (tertiary/aromatic N) is 2. The molecule has 1 saturated heterocycles. The molecule has 0 aromatic heterocycles. The van der Waals surface area contributed by atoms with Crippen LogP contribution in [0.1, 0.15) is 26.7 Å². The van der Waals surface area contributed by atoms with Crippen molar-refractivity contribution < 1.29 is 0 Å². The second-order valence-corrected chi connectivity index (χ2v) is 4.77. The first-order chi connectivity index (χ1) is 7.10. The fourth-order valence-corrected chi connectivity index (χ4v) is 2.04. The Hall–Kier alpha value is -0.850. The maximum absolute atomic E-state index is 8.73. The van der Waals surface area contributed by atoms with E-state index in [0.717, 1.165) is 26.1 Å². The Balaban J connectivity index is 2.68. The van der Waals surface area contributed by atoms with Crippen LogP contribution in [-0.2, 0) is 0 Å². The van der Waals surface area contributed by atoms with Gasteiger partial charge in [0.05, 0.1) is 12.5 Å². The van der Waals surface area contributed by atoms with Crippen molar-refractivity contribution in [3.63, 3.8) is 0 Å². The molecule has 1 rings (SSSR count). The summed E-state index contributed by atoms with van der Waals surface area (Å²) in [4.78, 5) is 2.40. The van der Waals surface area contributed by atoms with Crippen molar-refractivity contribution >= 4 is 0 Å². The van der Waals surface area contributed by atoms with Crippen molar-refractivity contribution in [2.45, 2.75) is 38.3 Å². The number of nitriles is 1. The number of rotatable bonds is 3. The molecule has 0 bridgehead atoms. The lowest BCUT2D eigenvalue weighted by Crippen LogP contribution is -2.46. The van der Waals surface area contributed by atoms with Crippen LogP contribution in [0.5, 0.6) is 0 Å². The van der Waals surface area contributed by atoms with Gasteiger partial charge in [-0.3, -0.25) is 4.90 Å². The minimum atomic E-state index is 0.200. The molecule has 0 saturated carbocycles. The monoisotopic (exact) mass is 207 g/mol. The quantitative estimate of drug-likeness (QED) is 0.713. The zero-order chi connectivity index (χ0) is 11.3. The van der Waals surface area contributed by atoms with Crippen molar-refractivity contribution in [1.82, 2.24) is 10.2 Å². The summed E-state index contributed by atoms with van der Waals surface area (Å²) >= 11 is 0. The molecule has 0 aromatic rings. The normalized spacial score (nSPS) is 26.6. The van der Waals surface area contributed by atoms with Gasteiger partial charge in [-0.1, -0.05) is 6.08 Å². The van der Waals surface area contributed by atoms with Crippen LogP contribution in [0.4, 0.5) is 0 Å². The summed E-state index contributed by atoms with van der Waals surface area (Å²) in [7, 11) is 0. The van der Waals surface area contributed by atoms with E-state index in [-0.39, 0.29) is 5.54 Å². The van der Waals surface area contributed by atoms with Gasteiger partial charge in [-0.25, -0.2) is 0 Å². The minimum Gasteiger partial charge on any atom is -0.312 e. The highest BCUT2D eigenvalue weighted by molar-refractivity contribution is 4.94. The largest absolute Gasteiger partial charge is 0.312 e. The SMILES string of the molecule is C=CCN1CC(CC#N)NCCC1(C)C. The Kier molecular flexibility index (Phi) is 4.31. The molecule has 0 amide bonds. The van der Waals surface area contributed by atoms with E-state index in [1.54, 1.807) is 0 Å². The molecule has 0 spiro atoms. The van der Waals surface area contributed by atoms with Crippen LogP contribution in [0.25, 0.3) is 0 Å². The predicted molar refractivity (Wildman–Crippen MR) is 62.5 cm³/mol. The standard InChI is InChI=1S/C12H21N3/c1-4-9-15-10-11(5-7-13)14-8-6-12(15,2)3/h4,11,14H,1,5-6,8-10H2,2-3H3. The predicted octanol–water partition coefficient (Wildman–Crippen LogP) is 1.53. The van der Waals surface area contributed by atoms with Crippen LogP contribution in [0.15, 0.2) is 12.7 Å². The maximum atomic E-state index is 8.73. The first-order valence-electron chi connectivity index (χ1n) is 5.56. The molecule has 3 nitrogen and oxygen atoms in total. The molecule has 15 heavy (non-hydrogen) atoms. The van der Waals surface area contributed by atoms with Crippen LogP contribution >= 0.6 is 0 Å². The molecule has 1 atom stereocenters. The molecule has 1 fully saturated rings. The average molecular weight is 207 g/mol. The Morgan fingerprint density at radius 1 is 1.67 bits per heavy atom. The molecule has 3 heteroatoms. The number of nitrogens with one attached hydrogen (secondary N) is 1. The number of hydrogen-bond acceptors (Lipinski definition) is 3. The van der Waals surface area contributed by atoms with E-state index in [1.165, 1.54) is 0 Å². The molecular formula is C12H21N3. The lowest BCUT2D eigenvalue weighted by Gasteiger charge is -2.36. The molecule has 1 heterocycles. The summed E-state index contributed by atoms with van der Waals surface area (Å²) in [6.45, 7) is 11.1. The highest BCUT2D eigenvalue weighted by Gasteiger charge is 2.30. The van der Waals surface area contributed by atoms with E-state index in [4.69, 9.17) is 5.26 Å². The van der Waals surface area contributed by atoms with Crippen molar-refractivity contribution in [2.24, 2.45) is 0 Å². The van der Waals surface area contributed by atoms with Crippen molar-refractivity contribution in [3.8, 4) is 6.07 Å². The van der Waals surface area contributed by atoms with Gasteiger partial charge in [-0.2, -0.15) is 5.26 Å². The molecular weight excluding hydrogens is 186 g/mol. The molecule has 1 aliphatic heterocycles. The zero-order valence-electron chi connectivity index (χ0n) is 9.79. The summed E-state index contributed by atoms with van der Waals surface area (Å²) in [6.07, 6.45) is 3.64. The molecule has 0 aliphatic carbocycles. The molecule has 0 aromatic carbocycles. The van der Waals surface area contributed by atoms with Crippen molar-refractivity contribution in [3.05, 3.63) is 12.7 Å². The van der Waals surface area contributed by atoms with E-state index < -0.39 is 0 Å². The topological polar surface area (TPSA) is 39.1 Å². The van der Waals surface area contributed by atoms with Gasteiger partial charge >= 0.3 is 0 Å². The van der Waals surface area contributed by atoms with Crippen LogP contribution in [-0.4, -0.2) is 36.1 Å². The molecule has 0 radical (unpaired) electrons. The highest BCUT2D eigenvalue weighted by Crippen LogP contribution is 2.21. The number of hydrogen-bond donors (Lipinski definition) is 1. The molecule has 1 N–H and O–H groups in total. The lowest BCUT2D eigenvalue weighted by atomic mass is 9.98. The maximum Gasteiger partial charge on any atom is 0.0638 e. The van der Waals surface area contributed by atoms with Crippen LogP contribution in [0.2, 0.25) is 0 Å². The van der Waals surface area contributed by atoms with E-state index >= 15 is 0 Å². The highest BCUT2D eigenvalue weighted by atomic mass is 15.2. The van der Waals surface area contributed by atoms with Crippen molar-refractivity contribution in [2.75, 3.05) is 19.6 Å². The van der Waals surface area contributed by atoms with Gasteiger partial charge in [-0.15, -0.1) is 6.58 Å². The molecule has 1 aliphatic rings. The van der Waals surface area contributed by atoms with E-state index in [0.29, 0.717) is 12.5 Å². The third kappa shape index (κ3) is 3.33. The second kappa shape index (κ2) is 5.29. The van der Waals surface area contributed by atoms with Gasteiger partial charge in [0.2, 0.25) is 0 Å². The Bertz CT molecular complexity index is 252. The Morgan fingerprint density at radius 2 is 2.40 bits per heavy atom. The summed E-state index contributed by atoms with van der Waals surface area (Å²) < 4.78 is 0. The minimum absolute atomic E-state index is 0.200. The van der Waals surface area contributed by atoms with Gasteiger partial charge in [0.15, 0.2) is 0 Å². The fourth-order valence-electron chi connectivity index (χ4n) is 2.04. The summed E-state index contributed by atoms with van der Waals surface area (Å²) in [5, 5.41) is 12.2. The van der Waals surface area contributed by atoms with Crippen LogP contribution in [0, 0.1) is 11.3 Å². The van der Waals surface area contributed by atoms with E-state index in [1.807, 2.05) is 6.08 Å². The summed E-state index contributed by atoms with van der Waals surface area (Å²) in [6, 6.07) is 2.54. The smallest absolute Gasteiger partial charge is 0.0638 e. The summed E-state index contributed by atoms with van der Waals surface area (Å²) in [5.41, 5.74) is 0.200. The van der Waals surface area contributed by atoms with E-state index in [9.17, 15) is 0 Å². The van der Waals surface area contributed by atoms with Gasteiger partial charge in [0.1, 0.15) is 0 Å². The fraction of sp³-hybridized carbons (Fsp3) is 0.750.